The highest BCUT2D eigenvalue weighted by atomic mass is 28.4. The minimum absolute atomic E-state index is 0.0174. The van der Waals surface area contributed by atoms with E-state index in [4.69, 9.17) is 13.9 Å². The van der Waals surface area contributed by atoms with E-state index in [2.05, 4.69) is 61.8 Å². The summed E-state index contributed by atoms with van der Waals surface area (Å²) in [6.45, 7) is 17.2. The van der Waals surface area contributed by atoms with Gasteiger partial charge in [0.05, 0.1) is 31.0 Å². The van der Waals surface area contributed by atoms with Crippen LogP contribution in [0.1, 0.15) is 48.7 Å². The van der Waals surface area contributed by atoms with Crippen LogP contribution in [-0.4, -0.2) is 68.1 Å². The molecule has 2 heterocycles. The number of hydrogen-bond donors (Lipinski definition) is 1. The Bertz CT molecular complexity index is 1220. The summed E-state index contributed by atoms with van der Waals surface area (Å²) in [6.07, 6.45) is 8.57. The van der Waals surface area contributed by atoms with Crippen molar-refractivity contribution < 1.29 is 23.5 Å². The number of rotatable bonds is 9. The molecule has 0 aliphatic carbocycles. The van der Waals surface area contributed by atoms with Gasteiger partial charge >= 0.3 is 6.09 Å². The summed E-state index contributed by atoms with van der Waals surface area (Å²) in [5, 5.41) is 2.73. The number of nitrogens with zero attached hydrogens (tertiary/aromatic N) is 3. The summed E-state index contributed by atoms with van der Waals surface area (Å²) in [6, 6.07) is 3.05. The van der Waals surface area contributed by atoms with Crippen molar-refractivity contribution >= 4 is 31.6 Å². The molecule has 1 atom stereocenters. The fourth-order valence-electron chi connectivity index (χ4n) is 4.04. The Hall–Kier alpha value is -3.50. The maximum Gasteiger partial charge on any atom is 0.411 e. The number of benzene rings is 1. The number of hydrogen-bond acceptors (Lipinski definition) is 7. The molecule has 0 fully saturated rings. The summed E-state index contributed by atoms with van der Waals surface area (Å²) in [7, 11) is -0.544. The van der Waals surface area contributed by atoms with Gasteiger partial charge in [0.1, 0.15) is 18.7 Å². The lowest BCUT2D eigenvalue weighted by Crippen LogP contribution is -2.49. The monoisotopic (exact) mass is 552 g/mol. The van der Waals surface area contributed by atoms with Crippen LogP contribution in [0.15, 0.2) is 49.6 Å². The van der Waals surface area contributed by atoms with Gasteiger partial charge in [-0.2, -0.15) is 0 Å². The average molecular weight is 553 g/mol. The fourth-order valence-corrected chi connectivity index (χ4v) is 5.06. The normalized spacial score (nSPS) is 15.8. The summed E-state index contributed by atoms with van der Waals surface area (Å²) < 4.78 is 17.2. The lowest BCUT2D eigenvalue weighted by molar-refractivity contribution is 0.0655. The lowest BCUT2D eigenvalue weighted by atomic mass is 9.96. The zero-order valence-electron chi connectivity index (χ0n) is 24.0. The summed E-state index contributed by atoms with van der Waals surface area (Å²) in [4.78, 5) is 36.6. The molecule has 0 saturated heterocycles. The van der Waals surface area contributed by atoms with Crippen LogP contribution in [0.2, 0.25) is 18.1 Å². The van der Waals surface area contributed by atoms with E-state index in [1.54, 1.807) is 36.5 Å². The van der Waals surface area contributed by atoms with Crippen LogP contribution in [-0.2, 0) is 9.16 Å². The van der Waals surface area contributed by atoms with E-state index in [1.165, 1.54) is 12.4 Å². The van der Waals surface area contributed by atoms with E-state index >= 15 is 0 Å². The van der Waals surface area contributed by atoms with E-state index in [-0.39, 0.29) is 23.6 Å². The van der Waals surface area contributed by atoms with Gasteiger partial charge in [-0.15, -0.1) is 0 Å². The topological polar surface area (TPSA) is 103 Å². The van der Waals surface area contributed by atoms with Crippen molar-refractivity contribution in [2.24, 2.45) is 0 Å². The second kappa shape index (κ2) is 12.6. The van der Waals surface area contributed by atoms with Crippen molar-refractivity contribution in [3.05, 3.63) is 66.3 Å². The molecule has 1 N–H and O–H groups in total. The predicted octanol–water partition coefficient (Wildman–Crippen LogP) is 5.85. The van der Waals surface area contributed by atoms with E-state index in [9.17, 15) is 9.59 Å². The molecular formula is C29H40N4O5Si. The zero-order chi connectivity index (χ0) is 28.8. The molecule has 39 heavy (non-hydrogen) atoms. The van der Waals surface area contributed by atoms with Crippen LogP contribution >= 0.6 is 0 Å². The number of nitrogens with one attached hydrogen (secondary N) is 1. The second-order valence-corrected chi connectivity index (χ2v) is 15.9. The van der Waals surface area contributed by atoms with Crippen LogP contribution in [0.4, 0.5) is 10.5 Å². The number of aromatic nitrogens is 2. The summed E-state index contributed by atoms with van der Waals surface area (Å²) in [5.41, 5.74) is 3.42. The smallest absolute Gasteiger partial charge is 0.411 e. The van der Waals surface area contributed by atoms with E-state index in [0.29, 0.717) is 36.6 Å². The minimum atomic E-state index is -2.10. The number of carbonyl (C=O) groups excluding carboxylic acids is 2. The van der Waals surface area contributed by atoms with Crippen molar-refractivity contribution in [3.63, 3.8) is 0 Å². The Morgan fingerprint density at radius 2 is 1.92 bits per heavy atom. The van der Waals surface area contributed by atoms with E-state index in [0.717, 1.165) is 16.7 Å². The molecule has 0 bridgehead atoms. The first-order valence-electron chi connectivity index (χ1n) is 13.0. The van der Waals surface area contributed by atoms with Gasteiger partial charge in [0, 0.05) is 24.5 Å². The molecule has 10 heteroatoms. The van der Waals surface area contributed by atoms with Crippen molar-refractivity contribution in [2.45, 2.75) is 58.3 Å². The number of anilines is 1. The molecule has 0 saturated carbocycles. The first kappa shape index (κ1) is 30.0. The van der Waals surface area contributed by atoms with Crippen molar-refractivity contribution in [3.8, 4) is 5.75 Å². The molecule has 0 spiro atoms. The predicted molar refractivity (Wildman–Crippen MR) is 155 cm³/mol. The van der Waals surface area contributed by atoms with Crippen molar-refractivity contribution in [1.82, 2.24) is 14.9 Å². The summed E-state index contributed by atoms with van der Waals surface area (Å²) in [5.74, 6) is 0.308. The first-order chi connectivity index (χ1) is 18.4. The van der Waals surface area contributed by atoms with Crippen LogP contribution < -0.4 is 10.1 Å². The molecular weight excluding hydrogens is 512 g/mol. The molecule has 0 radical (unpaired) electrons. The highest BCUT2D eigenvalue weighted by molar-refractivity contribution is 6.74. The molecule has 210 valence electrons. The summed E-state index contributed by atoms with van der Waals surface area (Å²) >= 11 is 0. The van der Waals surface area contributed by atoms with E-state index < -0.39 is 14.4 Å². The molecule has 9 nitrogen and oxygen atoms in total. The molecule has 3 rings (SSSR count). The highest BCUT2D eigenvalue weighted by Gasteiger charge is 2.39. The molecule has 2 amide bonds. The third-order valence-corrected chi connectivity index (χ3v) is 11.9. The highest BCUT2D eigenvalue weighted by Crippen LogP contribution is 2.37. The lowest BCUT2D eigenvalue weighted by Gasteiger charge is -2.40. The van der Waals surface area contributed by atoms with Gasteiger partial charge in [-0.1, -0.05) is 39.5 Å². The Morgan fingerprint density at radius 1 is 1.23 bits per heavy atom. The van der Waals surface area contributed by atoms with Gasteiger partial charge in [0.25, 0.3) is 5.91 Å². The Morgan fingerprint density at radius 3 is 2.54 bits per heavy atom. The minimum Gasteiger partial charge on any atom is -0.496 e. The fraction of sp³-hybridized carbons (Fsp3) is 0.448. The third-order valence-electron chi connectivity index (χ3n) is 7.36. The van der Waals surface area contributed by atoms with Gasteiger partial charge in [-0.25, -0.2) is 14.8 Å². The standard InChI is InChI=1S/C29H40N4O5Si/c1-9-12-37-28(35)32-25-13-20(2)26(36-6)15-24(25)27(34)33-11-10-21(22-16-30-19-31-17-22)14-23(33)18-38-39(7,8)29(3,4)5/h9,13-17,19,23H,1,10-12,18H2,2-8H3,(H,32,35)/t23-/m0/s1. The van der Waals surface area contributed by atoms with Crippen LogP contribution in [0.25, 0.3) is 5.57 Å². The van der Waals surface area contributed by atoms with E-state index in [1.807, 2.05) is 6.92 Å². The second-order valence-electron chi connectivity index (χ2n) is 11.1. The molecule has 1 aromatic heterocycles. The Labute approximate surface area is 232 Å². The molecule has 0 unspecified atom stereocenters. The Balaban J connectivity index is 2.00. The molecule has 2 aromatic rings. The molecule has 1 aromatic carbocycles. The average Bonchev–Trinajstić information content (AvgIpc) is 2.90. The largest absolute Gasteiger partial charge is 0.496 e. The van der Waals surface area contributed by atoms with Gasteiger partial charge in [0.2, 0.25) is 0 Å². The zero-order valence-corrected chi connectivity index (χ0v) is 25.0. The Kier molecular flexibility index (Phi) is 9.68. The number of carbonyl (C=O) groups is 2. The molecule has 1 aliphatic heterocycles. The van der Waals surface area contributed by atoms with Crippen molar-refractivity contribution in [1.29, 1.82) is 0 Å². The first-order valence-corrected chi connectivity index (χ1v) is 15.9. The number of methoxy groups -OCH3 is 1. The maximum absolute atomic E-state index is 14.1. The van der Waals surface area contributed by atoms with Gasteiger partial charge < -0.3 is 18.8 Å². The number of aryl methyl sites for hydroxylation is 1. The number of ether oxygens (including phenoxy) is 2. The van der Waals surface area contributed by atoms with Crippen molar-refractivity contribution in [2.75, 3.05) is 32.2 Å². The quantitative estimate of drug-likeness (QED) is 0.308. The van der Waals surface area contributed by atoms with Gasteiger partial charge in [-0.3, -0.25) is 10.1 Å². The number of amides is 2. The molecule has 1 aliphatic rings. The van der Waals surface area contributed by atoms with Crippen LogP contribution in [0.5, 0.6) is 5.75 Å². The van der Waals surface area contributed by atoms with Crippen LogP contribution in [0.3, 0.4) is 0 Å². The van der Waals surface area contributed by atoms with Crippen LogP contribution in [0, 0.1) is 6.92 Å². The van der Waals surface area contributed by atoms with Gasteiger partial charge in [0.15, 0.2) is 8.32 Å². The van der Waals surface area contributed by atoms with Gasteiger partial charge in [-0.05, 0) is 54.7 Å². The maximum atomic E-state index is 14.1. The SMILES string of the molecule is C=CCOC(=O)Nc1cc(C)c(OC)cc1C(=O)N1CCC(c2cncnc2)=C[C@H]1CO[Si](C)(C)C(C)(C)C. The third kappa shape index (κ3) is 7.33.